The Morgan fingerprint density at radius 2 is 1.88 bits per heavy atom. The van der Waals surface area contributed by atoms with Gasteiger partial charge in [-0.05, 0) is 18.9 Å². The number of aromatic nitrogens is 2. The molecule has 88 valence electrons. The number of hydrogen-bond donors (Lipinski definition) is 1. The van der Waals surface area contributed by atoms with Gasteiger partial charge < -0.3 is 4.98 Å². The number of H-pyrrole nitrogens is 1. The fraction of sp³-hybridized carbons (Fsp3) is 0.231. The number of aryl methyl sites for hydroxylation is 2. The molecule has 1 aromatic carbocycles. The number of rotatable bonds is 3. The summed E-state index contributed by atoms with van der Waals surface area (Å²) in [5.41, 5.74) is 1.11. The summed E-state index contributed by atoms with van der Waals surface area (Å²) in [6.07, 6.45) is 0.673. The predicted octanol–water partition coefficient (Wildman–Crippen LogP) is 1.09. The highest BCUT2D eigenvalue weighted by atomic mass is 16.2. The van der Waals surface area contributed by atoms with Gasteiger partial charge in [0.25, 0.3) is 5.56 Å². The largest absolute Gasteiger partial charge is 0.328 e. The zero-order valence-corrected chi connectivity index (χ0v) is 9.64. The highest BCUT2D eigenvalue weighted by molar-refractivity contribution is 5.14. The molecule has 1 N–H and O–H groups in total. The van der Waals surface area contributed by atoms with Crippen molar-refractivity contribution in [3.63, 3.8) is 0 Å². The number of benzene rings is 1. The fourth-order valence-electron chi connectivity index (χ4n) is 1.73. The molecule has 0 saturated heterocycles. The van der Waals surface area contributed by atoms with Crippen LogP contribution in [0.25, 0.3) is 0 Å². The Morgan fingerprint density at radius 3 is 2.53 bits per heavy atom. The Bertz CT molecular complexity index is 580. The maximum absolute atomic E-state index is 11.6. The van der Waals surface area contributed by atoms with Gasteiger partial charge in [0, 0.05) is 18.3 Å². The van der Waals surface area contributed by atoms with Gasteiger partial charge in [0.15, 0.2) is 0 Å². The summed E-state index contributed by atoms with van der Waals surface area (Å²) in [5, 5.41) is 0. The van der Waals surface area contributed by atoms with E-state index in [4.69, 9.17) is 0 Å². The van der Waals surface area contributed by atoms with Gasteiger partial charge in [-0.2, -0.15) is 0 Å². The third-order valence-electron chi connectivity index (χ3n) is 2.62. The Morgan fingerprint density at radius 1 is 1.18 bits per heavy atom. The van der Waals surface area contributed by atoms with E-state index in [0.717, 1.165) is 5.56 Å². The van der Waals surface area contributed by atoms with Crippen molar-refractivity contribution < 1.29 is 0 Å². The summed E-state index contributed by atoms with van der Waals surface area (Å²) < 4.78 is 1.22. The van der Waals surface area contributed by atoms with Crippen LogP contribution in [0.15, 0.2) is 46.0 Å². The SMILES string of the molecule is Cc1cc(=O)n(CCc2ccccc2)c(=O)[nH]1. The van der Waals surface area contributed by atoms with E-state index >= 15 is 0 Å². The molecule has 1 aromatic heterocycles. The maximum atomic E-state index is 11.6. The van der Waals surface area contributed by atoms with Gasteiger partial charge in [-0.3, -0.25) is 9.36 Å². The van der Waals surface area contributed by atoms with Gasteiger partial charge in [-0.25, -0.2) is 4.79 Å². The van der Waals surface area contributed by atoms with Crippen LogP contribution in [0.3, 0.4) is 0 Å². The van der Waals surface area contributed by atoms with E-state index in [0.29, 0.717) is 18.7 Å². The first-order valence-electron chi connectivity index (χ1n) is 5.51. The lowest BCUT2D eigenvalue weighted by molar-refractivity contribution is 0.624. The molecule has 4 nitrogen and oxygen atoms in total. The lowest BCUT2D eigenvalue weighted by atomic mass is 10.1. The smallest absolute Gasteiger partial charge is 0.311 e. The second-order valence-electron chi connectivity index (χ2n) is 3.98. The van der Waals surface area contributed by atoms with Crippen molar-refractivity contribution in [1.82, 2.24) is 9.55 Å². The molecule has 2 rings (SSSR count). The quantitative estimate of drug-likeness (QED) is 0.858. The predicted molar refractivity (Wildman–Crippen MR) is 66.2 cm³/mol. The number of nitrogens with zero attached hydrogens (tertiary/aromatic N) is 1. The number of aromatic amines is 1. The van der Waals surface area contributed by atoms with Gasteiger partial charge in [-0.15, -0.1) is 0 Å². The van der Waals surface area contributed by atoms with Crippen LogP contribution >= 0.6 is 0 Å². The topological polar surface area (TPSA) is 54.9 Å². The van der Waals surface area contributed by atoms with Crippen LogP contribution in [0.5, 0.6) is 0 Å². The number of nitrogens with one attached hydrogen (secondary N) is 1. The molecule has 0 bridgehead atoms. The molecule has 0 fully saturated rings. The third kappa shape index (κ3) is 2.72. The monoisotopic (exact) mass is 230 g/mol. The van der Waals surface area contributed by atoms with Crippen LogP contribution in [0.2, 0.25) is 0 Å². The van der Waals surface area contributed by atoms with E-state index in [9.17, 15) is 9.59 Å². The molecule has 0 unspecified atom stereocenters. The van der Waals surface area contributed by atoms with E-state index < -0.39 is 0 Å². The summed E-state index contributed by atoms with van der Waals surface area (Å²) in [4.78, 5) is 25.8. The normalized spacial score (nSPS) is 10.4. The summed E-state index contributed by atoms with van der Waals surface area (Å²) >= 11 is 0. The molecule has 0 radical (unpaired) electrons. The standard InChI is InChI=1S/C13H14N2O2/c1-10-9-12(16)15(13(17)14-10)8-7-11-5-3-2-4-6-11/h2-6,9H,7-8H2,1H3,(H,14,17). The summed E-state index contributed by atoms with van der Waals surface area (Å²) in [5.74, 6) is 0. The first-order valence-corrected chi connectivity index (χ1v) is 5.51. The summed E-state index contributed by atoms with van der Waals surface area (Å²) in [6.45, 7) is 2.10. The van der Waals surface area contributed by atoms with Crippen LogP contribution in [-0.2, 0) is 13.0 Å². The molecule has 0 spiro atoms. The minimum Gasteiger partial charge on any atom is -0.311 e. The molecule has 1 heterocycles. The summed E-state index contributed by atoms with van der Waals surface area (Å²) in [6, 6.07) is 11.2. The Hall–Kier alpha value is -2.10. The van der Waals surface area contributed by atoms with Crippen LogP contribution in [0, 0.1) is 6.92 Å². The molecular formula is C13H14N2O2. The molecule has 0 aliphatic carbocycles. The minimum atomic E-state index is -0.342. The van der Waals surface area contributed by atoms with E-state index in [2.05, 4.69) is 4.98 Å². The lowest BCUT2D eigenvalue weighted by Crippen LogP contribution is -2.35. The lowest BCUT2D eigenvalue weighted by Gasteiger charge is -2.04. The second kappa shape index (κ2) is 4.82. The highest BCUT2D eigenvalue weighted by Gasteiger charge is 2.02. The van der Waals surface area contributed by atoms with Crippen molar-refractivity contribution in [2.75, 3.05) is 0 Å². The summed E-state index contributed by atoms with van der Waals surface area (Å²) in [7, 11) is 0. The van der Waals surface area contributed by atoms with Gasteiger partial charge >= 0.3 is 5.69 Å². The molecule has 0 aliphatic rings. The average molecular weight is 230 g/mol. The van der Waals surface area contributed by atoms with E-state index in [1.807, 2.05) is 30.3 Å². The van der Waals surface area contributed by atoms with Crippen molar-refractivity contribution in [3.05, 3.63) is 68.5 Å². The second-order valence-corrected chi connectivity index (χ2v) is 3.98. The van der Waals surface area contributed by atoms with Gasteiger partial charge in [0.1, 0.15) is 0 Å². The molecule has 0 atom stereocenters. The molecule has 17 heavy (non-hydrogen) atoms. The zero-order chi connectivity index (χ0) is 12.3. The third-order valence-corrected chi connectivity index (χ3v) is 2.62. The Labute approximate surface area is 98.6 Å². The molecule has 0 amide bonds. The maximum Gasteiger partial charge on any atom is 0.328 e. The Kier molecular flexibility index (Phi) is 3.23. The van der Waals surface area contributed by atoms with Gasteiger partial charge in [0.2, 0.25) is 0 Å². The van der Waals surface area contributed by atoms with Crippen molar-refractivity contribution in [1.29, 1.82) is 0 Å². The van der Waals surface area contributed by atoms with Crippen LogP contribution in [0.1, 0.15) is 11.3 Å². The fourth-order valence-corrected chi connectivity index (χ4v) is 1.73. The minimum absolute atomic E-state index is 0.248. The molecule has 0 aliphatic heterocycles. The van der Waals surface area contributed by atoms with Crippen LogP contribution in [0.4, 0.5) is 0 Å². The average Bonchev–Trinajstić information content (AvgIpc) is 2.29. The first kappa shape index (κ1) is 11.4. The first-order chi connectivity index (χ1) is 8.16. The van der Waals surface area contributed by atoms with Gasteiger partial charge in [-0.1, -0.05) is 30.3 Å². The molecular weight excluding hydrogens is 216 g/mol. The van der Waals surface area contributed by atoms with E-state index in [1.54, 1.807) is 6.92 Å². The van der Waals surface area contributed by atoms with Crippen molar-refractivity contribution in [3.8, 4) is 0 Å². The van der Waals surface area contributed by atoms with Crippen molar-refractivity contribution in [2.24, 2.45) is 0 Å². The van der Waals surface area contributed by atoms with Crippen LogP contribution < -0.4 is 11.2 Å². The van der Waals surface area contributed by atoms with Gasteiger partial charge in [0.05, 0.1) is 0 Å². The molecule has 2 aromatic rings. The number of hydrogen-bond acceptors (Lipinski definition) is 2. The highest BCUT2D eigenvalue weighted by Crippen LogP contribution is 1.99. The molecule has 0 saturated carbocycles. The van der Waals surface area contributed by atoms with Crippen molar-refractivity contribution >= 4 is 0 Å². The van der Waals surface area contributed by atoms with Crippen molar-refractivity contribution in [2.45, 2.75) is 19.9 Å². The molecule has 4 heteroatoms. The van der Waals surface area contributed by atoms with E-state index in [1.165, 1.54) is 10.6 Å². The van der Waals surface area contributed by atoms with E-state index in [-0.39, 0.29) is 11.2 Å². The van der Waals surface area contributed by atoms with Crippen LogP contribution in [-0.4, -0.2) is 9.55 Å². The zero-order valence-electron chi connectivity index (χ0n) is 9.64. The Balaban J connectivity index is 2.21.